The molecule has 2 rings (SSSR count). The van der Waals surface area contributed by atoms with Gasteiger partial charge in [0.25, 0.3) is 5.91 Å². The Balaban J connectivity index is 2.48. The second kappa shape index (κ2) is 9.67. The van der Waals surface area contributed by atoms with E-state index in [0.717, 1.165) is 15.4 Å². The highest BCUT2D eigenvalue weighted by molar-refractivity contribution is 7.87. The summed E-state index contributed by atoms with van der Waals surface area (Å²) < 4.78 is 29.2. The molecule has 0 atom stereocenters. The van der Waals surface area contributed by atoms with Crippen LogP contribution < -0.4 is 0 Å². The van der Waals surface area contributed by atoms with E-state index in [-0.39, 0.29) is 6.54 Å². The zero-order valence-corrected chi connectivity index (χ0v) is 17.1. The van der Waals surface area contributed by atoms with E-state index < -0.39 is 16.1 Å². The molecule has 27 heavy (non-hydrogen) atoms. The first-order valence-corrected chi connectivity index (χ1v) is 10.7. The molecule has 0 heterocycles. The highest BCUT2D eigenvalue weighted by atomic mass is 32.2. The topological polar surface area (TPSA) is 57.7 Å². The van der Waals surface area contributed by atoms with E-state index in [1.54, 1.807) is 30.3 Å². The first kappa shape index (κ1) is 21.1. The molecule has 0 unspecified atom stereocenters. The van der Waals surface area contributed by atoms with E-state index in [0.29, 0.717) is 31.5 Å². The summed E-state index contributed by atoms with van der Waals surface area (Å²) in [4.78, 5) is 13.1. The largest absolute Gasteiger partial charge is 0.306 e. The average Bonchev–Trinajstić information content (AvgIpc) is 2.67. The van der Waals surface area contributed by atoms with E-state index in [2.05, 4.69) is 0 Å². The van der Waals surface area contributed by atoms with Crippen LogP contribution in [0.15, 0.2) is 54.6 Å². The molecule has 0 radical (unpaired) electrons. The summed E-state index contributed by atoms with van der Waals surface area (Å²) >= 11 is 0. The van der Waals surface area contributed by atoms with Crippen LogP contribution in [0.4, 0.5) is 0 Å². The van der Waals surface area contributed by atoms with Gasteiger partial charge in [-0.15, -0.1) is 0 Å². The molecular weight excluding hydrogens is 360 g/mol. The maximum Gasteiger partial charge on any atom is 0.306 e. The number of carbonyl (C=O) groups excluding carboxylic acids is 1. The molecule has 2 aromatic carbocycles. The van der Waals surface area contributed by atoms with Crippen LogP contribution in [-0.2, 0) is 16.8 Å². The number of benzene rings is 2. The highest BCUT2D eigenvalue weighted by Crippen LogP contribution is 2.20. The van der Waals surface area contributed by atoms with Crippen molar-refractivity contribution in [1.29, 1.82) is 0 Å². The van der Waals surface area contributed by atoms with Crippen molar-refractivity contribution in [3.63, 3.8) is 0 Å². The third-order valence-electron chi connectivity index (χ3n) is 4.37. The van der Waals surface area contributed by atoms with Crippen LogP contribution in [0.3, 0.4) is 0 Å². The molecule has 6 heteroatoms. The summed E-state index contributed by atoms with van der Waals surface area (Å²) in [6.45, 7) is 6.59. The van der Waals surface area contributed by atoms with E-state index in [1.165, 1.54) is 4.31 Å². The molecule has 5 nitrogen and oxygen atoms in total. The summed E-state index contributed by atoms with van der Waals surface area (Å²) in [7, 11) is -3.93. The van der Waals surface area contributed by atoms with Crippen molar-refractivity contribution >= 4 is 16.1 Å². The van der Waals surface area contributed by atoms with Gasteiger partial charge >= 0.3 is 10.2 Å². The smallest absolute Gasteiger partial charge is 0.268 e. The molecule has 2 aromatic rings. The number of carbonyl (C=O) groups is 1. The van der Waals surface area contributed by atoms with E-state index in [9.17, 15) is 13.2 Å². The first-order valence-electron chi connectivity index (χ1n) is 9.33. The van der Waals surface area contributed by atoms with Crippen LogP contribution in [0.25, 0.3) is 0 Å². The first-order chi connectivity index (χ1) is 12.9. The van der Waals surface area contributed by atoms with E-state index in [4.69, 9.17) is 0 Å². The minimum absolute atomic E-state index is 0.0205. The zero-order chi connectivity index (χ0) is 19.9. The predicted molar refractivity (Wildman–Crippen MR) is 109 cm³/mol. The summed E-state index contributed by atoms with van der Waals surface area (Å²) in [6.07, 6.45) is 1.38. The van der Waals surface area contributed by atoms with Crippen LogP contribution in [-0.4, -0.2) is 36.0 Å². The summed E-state index contributed by atoms with van der Waals surface area (Å²) in [5.41, 5.74) is 2.14. The molecule has 0 aliphatic rings. The number of hydrogen-bond acceptors (Lipinski definition) is 3. The number of aryl methyl sites for hydroxylation is 1. The molecule has 0 aliphatic carbocycles. The molecule has 0 fully saturated rings. The molecule has 0 bridgehead atoms. The van der Waals surface area contributed by atoms with Crippen molar-refractivity contribution in [3.8, 4) is 0 Å². The Labute approximate surface area is 162 Å². The standard InChI is InChI=1S/C21H28N2O3S/c1-4-15-22(16-5-2)27(25,26)23(17-20-14-10-9-11-18(20)3)21(24)19-12-7-6-8-13-19/h6-14H,4-5,15-17H2,1-3H3. The van der Waals surface area contributed by atoms with Gasteiger partial charge in [0.05, 0.1) is 6.54 Å². The maximum atomic E-state index is 13.4. The van der Waals surface area contributed by atoms with Crippen LogP contribution in [0.2, 0.25) is 0 Å². The molecule has 0 saturated carbocycles. The number of amides is 1. The van der Waals surface area contributed by atoms with Crippen LogP contribution >= 0.6 is 0 Å². The molecular formula is C21H28N2O3S. The Kier molecular flexibility index (Phi) is 7.56. The lowest BCUT2D eigenvalue weighted by Gasteiger charge is -2.30. The van der Waals surface area contributed by atoms with Gasteiger partial charge < -0.3 is 0 Å². The zero-order valence-electron chi connectivity index (χ0n) is 16.3. The SMILES string of the molecule is CCCN(CCC)S(=O)(=O)N(Cc1ccccc1C)C(=O)c1ccccc1. The quantitative estimate of drug-likeness (QED) is 0.652. The van der Waals surface area contributed by atoms with Crippen LogP contribution in [0.5, 0.6) is 0 Å². The van der Waals surface area contributed by atoms with Crippen LogP contribution in [0, 0.1) is 6.92 Å². The monoisotopic (exact) mass is 388 g/mol. The summed E-state index contributed by atoms with van der Waals surface area (Å²) in [6, 6.07) is 16.1. The van der Waals surface area contributed by atoms with Gasteiger partial charge in [0, 0.05) is 18.7 Å². The number of rotatable bonds is 9. The van der Waals surface area contributed by atoms with E-state index in [1.807, 2.05) is 45.0 Å². The van der Waals surface area contributed by atoms with Gasteiger partial charge in [0.1, 0.15) is 0 Å². The lowest BCUT2D eigenvalue weighted by molar-refractivity contribution is 0.0846. The second-order valence-electron chi connectivity index (χ2n) is 6.51. The van der Waals surface area contributed by atoms with Crippen molar-refractivity contribution in [2.75, 3.05) is 13.1 Å². The molecule has 146 valence electrons. The van der Waals surface area contributed by atoms with E-state index >= 15 is 0 Å². The normalized spacial score (nSPS) is 11.6. The van der Waals surface area contributed by atoms with Crippen molar-refractivity contribution in [3.05, 3.63) is 71.3 Å². The lowest BCUT2D eigenvalue weighted by Crippen LogP contribution is -2.47. The fourth-order valence-corrected chi connectivity index (χ4v) is 4.63. The summed E-state index contributed by atoms with van der Waals surface area (Å²) in [5, 5.41) is 0. The third kappa shape index (κ3) is 5.17. The average molecular weight is 389 g/mol. The van der Waals surface area contributed by atoms with Gasteiger partial charge in [-0.25, -0.2) is 4.31 Å². The van der Waals surface area contributed by atoms with Crippen molar-refractivity contribution < 1.29 is 13.2 Å². The minimum atomic E-state index is -3.93. The highest BCUT2D eigenvalue weighted by Gasteiger charge is 2.33. The molecule has 0 aromatic heterocycles. The lowest BCUT2D eigenvalue weighted by atomic mass is 10.1. The minimum Gasteiger partial charge on any atom is -0.268 e. The number of hydrogen-bond donors (Lipinski definition) is 0. The van der Waals surface area contributed by atoms with Crippen molar-refractivity contribution in [2.45, 2.75) is 40.2 Å². The van der Waals surface area contributed by atoms with Gasteiger partial charge in [-0.05, 0) is 43.0 Å². The van der Waals surface area contributed by atoms with Gasteiger partial charge in [0.2, 0.25) is 0 Å². The maximum absolute atomic E-state index is 13.4. The molecule has 0 spiro atoms. The molecule has 0 aliphatic heterocycles. The van der Waals surface area contributed by atoms with Gasteiger partial charge in [-0.3, -0.25) is 4.79 Å². The Bertz CT molecular complexity index is 845. The fourth-order valence-electron chi connectivity index (χ4n) is 2.91. The molecule has 1 amide bonds. The summed E-state index contributed by atoms with van der Waals surface area (Å²) in [5.74, 6) is -0.504. The molecule has 0 N–H and O–H groups in total. The Morgan fingerprint density at radius 2 is 1.44 bits per heavy atom. The van der Waals surface area contributed by atoms with Crippen molar-refractivity contribution in [1.82, 2.24) is 8.61 Å². The van der Waals surface area contributed by atoms with Gasteiger partial charge in [0.15, 0.2) is 0 Å². The number of nitrogens with zero attached hydrogens (tertiary/aromatic N) is 2. The van der Waals surface area contributed by atoms with Gasteiger partial charge in [-0.2, -0.15) is 12.7 Å². The Hall–Kier alpha value is -2.18. The van der Waals surface area contributed by atoms with Crippen molar-refractivity contribution in [2.24, 2.45) is 0 Å². The molecule has 0 saturated heterocycles. The Morgan fingerprint density at radius 1 is 0.889 bits per heavy atom. The third-order valence-corrected chi connectivity index (χ3v) is 6.24. The Morgan fingerprint density at radius 3 is 2.00 bits per heavy atom. The van der Waals surface area contributed by atoms with Gasteiger partial charge in [-0.1, -0.05) is 56.3 Å². The second-order valence-corrected chi connectivity index (χ2v) is 8.36. The fraction of sp³-hybridized carbons (Fsp3) is 0.381. The predicted octanol–water partition coefficient (Wildman–Crippen LogP) is 4.00. The van der Waals surface area contributed by atoms with Crippen LogP contribution in [0.1, 0.15) is 48.2 Å².